The number of piperidine rings is 1. The van der Waals surface area contributed by atoms with Crippen molar-refractivity contribution in [3.63, 3.8) is 0 Å². The molecule has 2 aromatic rings. The molecule has 1 fully saturated rings. The number of ether oxygens (including phenoxy) is 2. The number of carbonyl (C=O) groups excluding carboxylic acids is 1. The molecule has 2 aliphatic rings. The highest BCUT2D eigenvalue weighted by molar-refractivity contribution is 7.89. The van der Waals surface area contributed by atoms with Crippen molar-refractivity contribution in [3.8, 4) is 16.9 Å². The average Bonchev–Trinajstić information content (AvgIpc) is 2.71. The topological polar surface area (TPSA) is 72.9 Å². The van der Waals surface area contributed by atoms with E-state index < -0.39 is 15.4 Å². The van der Waals surface area contributed by atoms with Crippen molar-refractivity contribution in [2.45, 2.75) is 63.4 Å². The first-order valence-corrected chi connectivity index (χ1v) is 13.5. The highest BCUT2D eigenvalue weighted by Gasteiger charge is 2.41. The van der Waals surface area contributed by atoms with E-state index in [0.717, 1.165) is 48.1 Å². The molecule has 2 heterocycles. The van der Waals surface area contributed by atoms with E-state index in [2.05, 4.69) is 6.07 Å². The van der Waals surface area contributed by atoms with Crippen molar-refractivity contribution < 1.29 is 22.7 Å². The molecule has 0 radical (unpaired) electrons. The van der Waals surface area contributed by atoms with Crippen LogP contribution in [0.5, 0.6) is 5.75 Å². The molecule has 0 aromatic heterocycles. The smallest absolute Gasteiger partial charge is 0.410 e. The number of aryl methyl sites for hydroxylation is 1. The molecule has 0 atom stereocenters. The minimum absolute atomic E-state index is 0.0394. The predicted molar refractivity (Wildman–Crippen MR) is 129 cm³/mol. The van der Waals surface area contributed by atoms with E-state index in [1.54, 1.807) is 4.90 Å². The molecule has 0 N–H and O–H groups in total. The van der Waals surface area contributed by atoms with E-state index >= 15 is 0 Å². The quantitative estimate of drug-likeness (QED) is 0.630. The van der Waals surface area contributed by atoms with Gasteiger partial charge in [-0.15, -0.1) is 0 Å². The number of hydrogen-bond donors (Lipinski definition) is 0. The van der Waals surface area contributed by atoms with Crippen molar-refractivity contribution >= 4 is 15.9 Å². The maximum atomic E-state index is 12.4. The van der Waals surface area contributed by atoms with Gasteiger partial charge in [0, 0.05) is 32.2 Å². The third-order valence-electron chi connectivity index (χ3n) is 6.25. The zero-order valence-corrected chi connectivity index (χ0v) is 20.7. The Morgan fingerprint density at radius 3 is 2.42 bits per heavy atom. The van der Waals surface area contributed by atoms with E-state index in [-0.39, 0.29) is 17.4 Å². The largest absolute Gasteiger partial charge is 0.487 e. The second-order valence-corrected chi connectivity index (χ2v) is 12.5. The Morgan fingerprint density at radius 2 is 1.76 bits per heavy atom. The Morgan fingerprint density at radius 1 is 1.06 bits per heavy atom. The Kier molecular flexibility index (Phi) is 6.20. The highest BCUT2D eigenvalue weighted by Crippen LogP contribution is 2.41. The summed E-state index contributed by atoms with van der Waals surface area (Å²) in [5.41, 5.74) is 3.30. The first-order chi connectivity index (χ1) is 15.4. The molecule has 0 aliphatic carbocycles. The number of hydrogen-bond acceptors (Lipinski definition) is 5. The van der Waals surface area contributed by atoms with Gasteiger partial charge in [-0.3, -0.25) is 0 Å². The fraction of sp³-hybridized carbons (Fsp3) is 0.500. The van der Waals surface area contributed by atoms with Crippen LogP contribution in [0, 0.1) is 0 Å². The molecular formula is C26H33NO5S. The Labute approximate surface area is 196 Å². The van der Waals surface area contributed by atoms with Crippen LogP contribution in [-0.4, -0.2) is 50.0 Å². The normalized spacial score (nSPS) is 17.9. The minimum Gasteiger partial charge on any atom is -0.487 e. The number of benzene rings is 2. The van der Waals surface area contributed by atoms with E-state index in [4.69, 9.17) is 9.47 Å². The van der Waals surface area contributed by atoms with Crippen molar-refractivity contribution in [2.75, 3.05) is 19.3 Å². The highest BCUT2D eigenvalue weighted by atomic mass is 32.2. The predicted octanol–water partition coefficient (Wildman–Crippen LogP) is 4.99. The zero-order valence-electron chi connectivity index (χ0n) is 19.9. The monoisotopic (exact) mass is 471 g/mol. The lowest BCUT2D eigenvalue weighted by atomic mass is 9.82. The molecule has 178 valence electrons. The maximum Gasteiger partial charge on any atom is 0.410 e. The summed E-state index contributed by atoms with van der Waals surface area (Å²) in [4.78, 5) is 14.2. The number of sulfone groups is 1. The van der Waals surface area contributed by atoms with E-state index in [0.29, 0.717) is 13.1 Å². The van der Waals surface area contributed by atoms with Crippen molar-refractivity contribution in [1.29, 1.82) is 0 Å². The average molecular weight is 472 g/mol. The van der Waals surface area contributed by atoms with Crippen LogP contribution in [-0.2, 0) is 26.7 Å². The SMILES string of the molecule is CC(C)(C)OC(=O)N1CCC2(CCc3cc(-c4cccc(CS(C)(=O)=O)c4)ccc3O2)CC1. The molecule has 6 nitrogen and oxygen atoms in total. The van der Waals surface area contributed by atoms with Gasteiger partial charge in [-0.05, 0) is 68.0 Å². The van der Waals surface area contributed by atoms with Gasteiger partial charge in [0.25, 0.3) is 0 Å². The van der Waals surface area contributed by atoms with Crippen molar-refractivity contribution in [1.82, 2.24) is 4.90 Å². The van der Waals surface area contributed by atoms with Gasteiger partial charge in [0.05, 0.1) is 5.75 Å². The number of fused-ring (bicyclic) bond motifs is 1. The Bertz CT molecular complexity index is 1140. The van der Waals surface area contributed by atoms with Gasteiger partial charge in [0.1, 0.15) is 17.0 Å². The lowest BCUT2D eigenvalue weighted by Gasteiger charge is -2.44. The molecular weight excluding hydrogens is 438 g/mol. The molecule has 0 unspecified atom stereocenters. The molecule has 33 heavy (non-hydrogen) atoms. The summed E-state index contributed by atoms with van der Waals surface area (Å²) < 4.78 is 35.3. The fourth-order valence-corrected chi connectivity index (χ4v) is 5.40. The summed E-state index contributed by atoms with van der Waals surface area (Å²) in [6, 6.07) is 13.9. The van der Waals surface area contributed by atoms with Crippen LogP contribution >= 0.6 is 0 Å². The van der Waals surface area contributed by atoms with Crippen LogP contribution in [0.3, 0.4) is 0 Å². The van der Waals surface area contributed by atoms with E-state index in [9.17, 15) is 13.2 Å². The number of likely N-dealkylation sites (tertiary alicyclic amines) is 1. The molecule has 1 amide bonds. The number of rotatable bonds is 3. The van der Waals surface area contributed by atoms with E-state index in [1.807, 2.05) is 57.2 Å². The summed E-state index contributed by atoms with van der Waals surface area (Å²) in [6.07, 6.45) is 4.42. The fourth-order valence-electron chi connectivity index (χ4n) is 4.62. The molecule has 0 bridgehead atoms. The summed E-state index contributed by atoms with van der Waals surface area (Å²) in [7, 11) is -3.08. The van der Waals surface area contributed by atoms with Crippen LogP contribution in [0.2, 0.25) is 0 Å². The van der Waals surface area contributed by atoms with Crippen molar-refractivity contribution in [3.05, 3.63) is 53.6 Å². The van der Waals surface area contributed by atoms with Gasteiger partial charge in [-0.25, -0.2) is 13.2 Å². The van der Waals surface area contributed by atoms with E-state index in [1.165, 1.54) is 11.8 Å². The first kappa shape index (κ1) is 23.6. The second kappa shape index (κ2) is 8.67. The lowest BCUT2D eigenvalue weighted by molar-refractivity contribution is -0.0272. The summed E-state index contributed by atoms with van der Waals surface area (Å²) >= 11 is 0. The standard InChI is InChI=1S/C26H33NO5S/c1-25(2,3)32-24(28)27-14-12-26(13-15-27)11-10-22-17-21(8-9-23(22)31-26)20-7-5-6-19(16-20)18-33(4,29)30/h5-9,16-17H,10-15,18H2,1-4H3. The molecule has 1 saturated heterocycles. The zero-order chi connectivity index (χ0) is 23.9. The van der Waals surface area contributed by atoms with Crippen LogP contribution in [0.25, 0.3) is 11.1 Å². The van der Waals surface area contributed by atoms with Gasteiger partial charge in [-0.1, -0.05) is 30.3 Å². The van der Waals surface area contributed by atoms with Gasteiger partial charge in [0.2, 0.25) is 0 Å². The number of nitrogens with zero attached hydrogens (tertiary/aromatic N) is 1. The van der Waals surface area contributed by atoms with Gasteiger partial charge in [0.15, 0.2) is 9.84 Å². The summed E-state index contributed by atoms with van der Waals surface area (Å²) in [5.74, 6) is 0.945. The lowest BCUT2D eigenvalue weighted by Crippen LogP contribution is -2.52. The minimum atomic E-state index is -3.08. The molecule has 4 rings (SSSR count). The maximum absolute atomic E-state index is 12.4. The third kappa shape index (κ3) is 5.88. The molecule has 7 heteroatoms. The first-order valence-electron chi connectivity index (χ1n) is 11.5. The van der Waals surface area contributed by atoms with Gasteiger partial charge in [-0.2, -0.15) is 0 Å². The molecule has 1 spiro atoms. The molecule has 2 aromatic carbocycles. The van der Waals surface area contributed by atoms with Crippen LogP contribution in [0.15, 0.2) is 42.5 Å². The van der Waals surface area contributed by atoms with Gasteiger partial charge < -0.3 is 14.4 Å². The molecule has 2 aliphatic heterocycles. The number of amides is 1. The van der Waals surface area contributed by atoms with Gasteiger partial charge >= 0.3 is 6.09 Å². The summed E-state index contributed by atoms with van der Waals surface area (Å²) in [6.45, 7) is 6.92. The Balaban J connectivity index is 1.45. The van der Waals surface area contributed by atoms with Crippen LogP contribution in [0.1, 0.15) is 51.2 Å². The van der Waals surface area contributed by atoms with Crippen LogP contribution in [0.4, 0.5) is 4.79 Å². The second-order valence-electron chi connectivity index (χ2n) is 10.3. The summed E-state index contributed by atoms with van der Waals surface area (Å²) in [5, 5.41) is 0. The molecule has 0 saturated carbocycles. The van der Waals surface area contributed by atoms with Crippen LogP contribution < -0.4 is 4.74 Å². The Hall–Kier alpha value is -2.54. The van der Waals surface area contributed by atoms with Crippen molar-refractivity contribution in [2.24, 2.45) is 0 Å². The number of carbonyl (C=O) groups is 1. The third-order valence-corrected chi connectivity index (χ3v) is 7.11.